The lowest BCUT2D eigenvalue weighted by Gasteiger charge is -2.36. The van der Waals surface area contributed by atoms with Crippen LogP contribution in [0.1, 0.15) is 18.9 Å². The first kappa shape index (κ1) is 20.0. The highest BCUT2D eigenvalue weighted by Crippen LogP contribution is 2.36. The zero-order valence-corrected chi connectivity index (χ0v) is 16.8. The average molecular weight is 402 g/mol. The minimum Gasteiger partial charge on any atom is -0.477 e. The Balaban J connectivity index is 1.77. The number of para-hydroxylation sites is 1. The Morgan fingerprint density at radius 2 is 2.04 bits per heavy atom. The summed E-state index contributed by atoms with van der Waals surface area (Å²) < 4.78 is 5.91. The number of nitrogens with one attached hydrogen (secondary N) is 2. The molecule has 0 saturated heterocycles. The number of ether oxygens (including phenoxy) is 1. The van der Waals surface area contributed by atoms with E-state index in [0.29, 0.717) is 29.5 Å². The molecular formula is C21H24ClN3O3. The first-order chi connectivity index (χ1) is 13.5. The van der Waals surface area contributed by atoms with Crippen LogP contribution in [0.15, 0.2) is 42.5 Å². The number of rotatable bonds is 6. The Hall–Kier alpha value is -2.73. The smallest absolute Gasteiger partial charge is 0.262 e. The van der Waals surface area contributed by atoms with Crippen molar-refractivity contribution in [1.82, 2.24) is 5.32 Å². The number of carbonyl (C=O) groups is 2. The standard InChI is InChI=1S/C21H24ClN3O3/c1-3-10-23-21(27)18-12-25(20-14(2)6-4-9-17(20)28-18)13-19(26)24-16-8-5-7-15(22)11-16/h4-9,11,18H,3,10,12-13H2,1-2H3,(H,23,27)(H,24,26). The Bertz CT molecular complexity index is 872. The maximum absolute atomic E-state index is 12.6. The van der Waals surface area contributed by atoms with Crippen molar-refractivity contribution in [2.75, 3.05) is 29.9 Å². The normalized spacial score (nSPS) is 15.4. The van der Waals surface area contributed by atoms with Gasteiger partial charge in [-0.2, -0.15) is 0 Å². The minimum absolute atomic E-state index is 0.102. The molecule has 148 valence electrons. The molecule has 1 unspecified atom stereocenters. The molecule has 1 aliphatic heterocycles. The van der Waals surface area contributed by atoms with Crippen LogP contribution >= 0.6 is 11.6 Å². The largest absolute Gasteiger partial charge is 0.477 e. The molecule has 28 heavy (non-hydrogen) atoms. The van der Waals surface area contributed by atoms with Crippen molar-refractivity contribution < 1.29 is 14.3 Å². The van der Waals surface area contributed by atoms with Gasteiger partial charge in [0.1, 0.15) is 5.75 Å². The second kappa shape index (κ2) is 8.97. The van der Waals surface area contributed by atoms with E-state index in [4.69, 9.17) is 16.3 Å². The predicted molar refractivity (Wildman–Crippen MR) is 111 cm³/mol. The Kier molecular flexibility index (Phi) is 6.41. The molecule has 2 amide bonds. The third kappa shape index (κ3) is 4.75. The van der Waals surface area contributed by atoms with E-state index in [1.165, 1.54) is 0 Å². The SMILES string of the molecule is CCCNC(=O)C1CN(CC(=O)Nc2cccc(Cl)c2)c2c(C)cccc2O1. The van der Waals surface area contributed by atoms with Gasteiger partial charge in [-0.15, -0.1) is 0 Å². The van der Waals surface area contributed by atoms with Gasteiger partial charge in [-0.25, -0.2) is 0 Å². The number of amides is 2. The Morgan fingerprint density at radius 1 is 1.25 bits per heavy atom. The van der Waals surface area contributed by atoms with Gasteiger partial charge >= 0.3 is 0 Å². The van der Waals surface area contributed by atoms with Crippen LogP contribution in [0.4, 0.5) is 11.4 Å². The van der Waals surface area contributed by atoms with Crippen LogP contribution in [-0.4, -0.2) is 37.6 Å². The first-order valence-corrected chi connectivity index (χ1v) is 9.70. The second-order valence-corrected chi connectivity index (χ2v) is 7.19. The number of hydrogen-bond acceptors (Lipinski definition) is 4. The summed E-state index contributed by atoms with van der Waals surface area (Å²) in [5, 5.41) is 6.27. The molecule has 0 radical (unpaired) electrons. The molecule has 1 aliphatic rings. The number of hydrogen-bond donors (Lipinski definition) is 2. The number of benzene rings is 2. The first-order valence-electron chi connectivity index (χ1n) is 9.32. The number of anilines is 2. The summed E-state index contributed by atoms with van der Waals surface area (Å²) in [6, 6.07) is 12.7. The van der Waals surface area contributed by atoms with Crippen LogP contribution in [0.5, 0.6) is 5.75 Å². The fourth-order valence-electron chi connectivity index (χ4n) is 3.20. The van der Waals surface area contributed by atoms with Crippen molar-refractivity contribution in [3.05, 3.63) is 53.1 Å². The van der Waals surface area contributed by atoms with Crippen LogP contribution in [0, 0.1) is 6.92 Å². The molecule has 7 heteroatoms. The van der Waals surface area contributed by atoms with Crippen molar-refractivity contribution >= 4 is 34.8 Å². The van der Waals surface area contributed by atoms with Gasteiger partial charge < -0.3 is 20.3 Å². The van der Waals surface area contributed by atoms with Crippen molar-refractivity contribution in [2.45, 2.75) is 26.4 Å². The third-order valence-electron chi connectivity index (χ3n) is 4.46. The minimum atomic E-state index is -0.667. The Labute approximate surface area is 169 Å². The molecule has 1 atom stereocenters. The number of nitrogens with zero attached hydrogens (tertiary/aromatic N) is 1. The van der Waals surface area contributed by atoms with E-state index in [1.54, 1.807) is 24.3 Å². The van der Waals surface area contributed by atoms with E-state index >= 15 is 0 Å². The molecule has 6 nitrogen and oxygen atoms in total. The van der Waals surface area contributed by atoms with Gasteiger partial charge in [0.05, 0.1) is 18.8 Å². The highest BCUT2D eigenvalue weighted by Gasteiger charge is 2.32. The monoisotopic (exact) mass is 401 g/mol. The van der Waals surface area contributed by atoms with Crippen LogP contribution in [0.25, 0.3) is 0 Å². The van der Waals surface area contributed by atoms with Crippen molar-refractivity contribution in [2.24, 2.45) is 0 Å². The van der Waals surface area contributed by atoms with Gasteiger partial charge in [-0.3, -0.25) is 9.59 Å². The van der Waals surface area contributed by atoms with Crippen molar-refractivity contribution in [3.8, 4) is 5.75 Å². The molecule has 0 fully saturated rings. The van der Waals surface area contributed by atoms with E-state index in [-0.39, 0.29) is 18.4 Å². The summed E-state index contributed by atoms with van der Waals surface area (Å²) in [5.74, 6) is 0.249. The fraction of sp³-hybridized carbons (Fsp3) is 0.333. The molecule has 2 aromatic rings. The van der Waals surface area contributed by atoms with Gasteiger partial charge in [-0.05, 0) is 43.2 Å². The number of halogens is 1. The fourth-order valence-corrected chi connectivity index (χ4v) is 3.39. The predicted octanol–water partition coefficient (Wildman–Crippen LogP) is 3.38. The molecule has 0 spiro atoms. The lowest BCUT2D eigenvalue weighted by atomic mass is 10.1. The van der Waals surface area contributed by atoms with E-state index < -0.39 is 6.10 Å². The summed E-state index contributed by atoms with van der Waals surface area (Å²) >= 11 is 5.98. The number of fused-ring (bicyclic) bond motifs is 1. The molecule has 0 bridgehead atoms. The van der Waals surface area contributed by atoms with Crippen LogP contribution in [0.3, 0.4) is 0 Å². The molecule has 1 heterocycles. The molecule has 2 aromatic carbocycles. The Morgan fingerprint density at radius 3 is 2.79 bits per heavy atom. The quantitative estimate of drug-likeness (QED) is 0.778. The van der Waals surface area contributed by atoms with Gasteiger partial charge in [0.15, 0.2) is 6.10 Å². The average Bonchev–Trinajstić information content (AvgIpc) is 2.65. The number of carbonyl (C=O) groups excluding carboxylic acids is 2. The van der Waals surface area contributed by atoms with E-state index in [0.717, 1.165) is 17.7 Å². The second-order valence-electron chi connectivity index (χ2n) is 6.76. The topological polar surface area (TPSA) is 70.7 Å². The summed E-state index contributed by atoms with van der Waals surface area (Å²) in [5.41, 5.74) is 2.46. The summed E-state index contributed by atoms with van der Waals surface area (Å²) in [6.07, 6.45) is 0.180. The summed E-state index contributed by atoms with van der Waals surface area (Å²) in [7, 11) is 0. The lowest BCUT2D eigenvalue weighted by Crippen LogP contribution is -2.51. The van der Waals surface area contributed by atoms with E-state index in [2.05, 4.69) is 10.6 Å². The molecule has 2 N–H and O–H groups in total. The van der Waals surface area contributed by atoms with Gasteiger partial charge in [0.2, 0.25) is 5.91 Å². The number of aryl methyl sites for hydroxylation is 1. The van der Waals surface area contributed by atoms with Crippen LogP contribution in [0.2, 0.25) is 5.02 Å². The molecule has 0 aliphatic carbocycles. The third-order valence-corrected chi connectivity index (χ3v) is 4.69. The van der Waals surface area contributed by atoms with Crippen molar-refractivity contribution in [3.63, 3.8) is 0 Å². The zero-order chi connectivity index (χ0) is 20.1. The summed E-state index contributed by atoms with van der Waals surface area (Å²) in [4.78, 5) is 27.0. The van der Waals surface area contributed by atoms with Crippen LogP contribution in [-0.2, 0) is 9.59 Å². The van der Waals surface area contributed by atoms with Crippen molar-refractivity contribution in [1.29, 1.82) is 0 Å². The molecule has 3 rings (SSSR count). The highest BCUT2D eigenvalue weighted by atomic mass is 35.5. The van der Waals surface area contributed by atoms with Gasteiger partial charge in [0.25, 0.3) is 5.91 Å². The van der Waals surface area contributed by atoms with Gasteiger partial charge in [-0.1, -0.05) is 36.7 Å². The molecule has 0 saturated carbocycles. The maximum Gasteiger partial charge on any atom is 0.262 e. The van der Waals surface area contributed by atoms with Gasteiger partial charge in [0, 0.05) is 17.3 Å². The zero-order valence-electron chi connectivity index (χ0n) is 16.0. The molecule has 0 aromatic heterocycles. The lowest BCUT2D eigenvalue weighted by molar-refractivity contribution is -0.128. The van der Waals surface area contributed by atoms with E-state index in [9.17, 15) is 9.59 Å². The van der Waals surface area contributed by atoms with Crippen LogP contribution < -0.4 is 20.3 Å². The maximum atomic E-state index is 12.6. The highest BCUT2D eigenvalue weighted by molar-refractivity contribution is 6.30. The molecular weight excluding hydrogens is 378 g/mol. The van der Waals surface area contributed by atoms with E-state index in [1.807, 2.05) is 36.9 Å². The summed E-state index contributed by atoms with van der Waals surface area (Å²) in [6.45, 7) is 4.95.